The van der Waals surface area contributed by atoms with Crippen molar-refractivity contribution < 1.29 is 4.74 Å². The summed E-state index contributed by atoms with van der Waals surface area (Å²) < 4.78 is 6.65. The van der Waals surface area contributed by atoms with Crippen LogP contribution in [0.3, 0.4) is 0 Å². The average molecular weight is 688 g/mol. The van der Waals surface area contributed by atoms with E-state index in [0.717, 1.165) is 37.9 Å². The Labute approximate surface area is 314 Å². The third-order valence-corrected chi connectivity index (χ3v) is 12.3. The highest BCUT2D eigenvalue weighted by molar-refractivity contribution is 5.89. The summed E-state index contributed by atoms with van der Waals surface area (Å²) in [6.45, 7) is 4.73. The molecule has 3 unspecified atom stereocenters. The number of fused-ring (bicyclic) bond motifs is 7. The monoisotopic (exact) mass is 687 g/mol. The van der Waals surface area contributed by atoms with Crippen molar-refractivity contribution in [2.75, 3.05) is 4.90 Å². The molecule has 0 saturated heterocycles. The van der Waals surface area contributed by atoms with Crippen molar-refractivity contribution in [1.29, 1.82) is 0 Å². The quantitative estimate of drug-likeness (QED) is 0.200. The molecule has 0 N–H and O–H groups in total. The second-order valence-corrected chi connectivity index (χ2v) is 15.8. The topological polar surface area (TPSA) is 12.5 Å². The molecular weight excluding hydrogens is 643 g/mol. The summed E-state index contributed by atoms with van der Waals surface area (Å²) in [6.07, 6.45) is 33.1. The van der Waals surface area contributed by atoms with Crippen LogP contribution in [-0.4, -0.2) is 6.10 Å². The fraction of sp³-hybridized carbons (Fsp3) is 0.216. The summed E-state index contributed by atoms with van der Waals surface area (Å²) in [5, 5.41) is 0. The number of benzene rings is 4. The van der Waals surface area contributed by atoms with Crippen molar-refractivity contribution in [3.63, 3.8) is 0 Å². The van der Waals surface area contributed by atoms with Crippen LogP contribution < -0.4 is 9.64 Å². The number of anilines is 1. The smallest absolute Gasteiger partial charge is 0.132 e. The Hall–Kier alpha value is -5.60. The van der Waals surface area contributed by atoms with Crippen molar-refractivity contribution >= 4 is 11.3 Å². The van der Waals surface area contributed by atoms with Gasteiger partial charge in [0.15, 0.2) is 0 Å². The molecular formula is C51H45NO. The van der Waals surface area contributed by atoms with E-state index < -0.39 is 0 Å². The lowest BCUT2D eigenvalue weighted by Crippen LogP contribution is -2.23. The summed E-state index contributed by atoms with van der Waals surface area (Å²) >= 11 is 0. The predicted molar refractivity (Wildman–Crippen MR) is 221 cm³/mol. The summed E-state index contributed by atoms with van der Waals surface area (Å²) in [5.74, 6) is 1.82. The first kappa shape index (κ1) is 32.1. The Morgan fingerprint density at radius 1 is 0.717 bits per heavy atom. The molecule has 1 aliphatic heterocycles. The van der Waals surface area contributed by atoms with Crippen molar-refractivity contribution in [1.82, 2.24) is 0 Å². The highest BCUT2D eigenvalue weighted by atomic mass is 16.5. The maximum atomic E-state index is 6.65. The molecule has 4 aromatic carbocycles. The average Bonchev–Trinajstić information content (AvgIpc) is 3.71. The van der Waals surface area contributed by atoms with Crippen LogP contribution in [0.1, 0.15) is 74.1 Å². The van der Waals surface area contributed by atoms with Gasteiger partial charge in [0.1, 0.15) is 11.9 Å². The zero-order chi connectivity index (χ0) is 35.5. The Morgan fingerprint density at radius 3 is 2.34 bits per heavy atom. The van der Waals surface area contributed by atoms with Crippen LogP contribution in [0, 0.1) is 5.92 Å². The van der Waals surface area contributed by atoms with E-state index in [0.29, 0.717) is 11.8 Å². The number of hydrogen-bond donors (Lipinski definition) is 0. The first-order valence-corrected chi connectivity index (χ1v) is 19.5. The minimum atomic E-state index is -0.115. The van der Waals surface area contributed by atoms with Gasteiger partial charge in [-0.1, -0.05) is 135 Å². The van der Waals surface area contributed by atoms with E-state index in [1.54, 1.807) is 0 Å². The summed E-state index contributed by atoms with van der Waals surface area (Å²) in [4.78, 5) is 2.49. The van der Waals surface area contributed by atoms with Gasteiger partial charge in [-0.3, -0.25) is 0 Å². The molecule has 10 rings (SSSR count). The minimum absolute atomic E-state index is 0.0880. The zero-order valence-electron chi connectivity index (χ0n) is 30.6. The highest BCUT2D eigenvalue weighted by Crippen LogP contribution is 2.57. The molecule has 260 valence electrons. The summed E-state index contributed by atoms with van der Waals surface area (Å²) in [7, 11) is 0. The Morgan fingerprint density at radius 2 is 1.57 bits per heavy atom. The van der Waals surface area contributed by atoms with Crippen LogP contribution in [-0.2, 0) is 5.41 Å². The molecule has 5 aliphatic carbocycles. The van der Waals surface area contributed by atoms with Gasteiger partial charge in [0, 0.05) is 45.5 Å². The normalized spacial score (nSPS) is 22.8. The van der Waals surface area contributed by atoms with Gasteiger partial charge in [0.2, 0.25) is 0 Å². The lowest BCUT2D eigenvalue weighted by molar-refractivity contribution is 0.269. The maximum absolute atomic E-state index is 6.65. The van der Waals surface area contributed by atoms with Crippen LogP contribution in [0.25, 0.3) is 27.8 Å². The van der Waals surface area contributed by atoms with Crippen molar-refractivity contribution in [2.24, 2.45) is 5.92 Å². The molecule has 3 atom stereocenters. The molecule has 2 nitrogen and oxygen atoms in total. The summed E-state index contributed by atoms with van der Waals surface area (Å²) in [5.41, 5.74) is 17.0. The van der Waals surface area contributed by atoms with Gasteiger partial charge in [-0.25, -0.2) is 0 Å². The van der Waals surface area contributed by atoms with Crippen molar-refractivity contribution in [3.8, 4) is 28.0 Å². The third-order valence-electron chi connectivity index (χ3n) is 12.3. The lowest BCUT2D eigenvalue weighted by Gasteiger charge is -2.33. The van der Waals surface area contributed by atoms with Crippen LogP contribution in [0.4, 0.5) is 5.69 Å². The molecule has 0 bridgehead atoms. The standard InChI is InChI=1S/C51H45NO/c1-51(2)46-32-31-44-43-15-9-10-16-48(43)53-50(44)49(46)45-30-23-39(33-47(45)51)38-21-28-42(29-22-38)52(40-24-17-36(18-25-40)34-11-5-3-6-12-34)41-26-19-37(20-27-41)35-13-7-4-8-14-35/h3,5-7,9-17,19,21-24,26-33,37,43,48H,4,8,18,20,25H2,1-2H3. The SMILES string of the molecule is CC1(C)c2cc(-c3ccc(N(C4=CCC(C5=CCCC=C5)C=C4)C4=CC=C(c5ccccc5)CC4)cc3)ccc2-c2c1ccc1c2OC2C=CC=CC12. The molecule has 0 saturated carbocycles. The number of nitrogens with zero attached hydrogens (tertiary/aromatic N) is 1. The first-order valence-electron chi connectivity index (χ1n) is 19.5. The number of rotatable bonds is 6. The molecule has 6 aliphatic rings. The van der Waals surface area contributed by atoms with E-state index in [1.165, 1.54) is 72.7 Å². The van der Waals surface area contributed by atoms with Crippen LogP contribution >= 0.6 is 0 Å². The van der Waals surface area contributed by atoms with Gasteiger partial charge in [-0.05, 0) is 113 Å². The number of hydrogen-bond acceptors (Lipinski definition) is 2. The van der Waals surface area contributed by atoms with Gasteiger partial charge >= 0.3 is 0 Å². The van der Waals surface area contributed by atoms with Gasteiger partial charge in [0.25, 0.3) is 0 Å². The van der Waals surface area contributed by atoms with E-state index in [-0.39, 0.29) is 11.5 Å². The Balaban J connectivity index is 0.977. The number of allylic oxidation sites excluding steroid dienone is 13. The van der Waals surface area contributed by atoms with E-state index in [1.807, 2.05) is 0 Å². The number of ether oxygens (including phenoxy) is 1. The molecule has 0 aromatic heterocycles. The second-order valence-electron chi connectivity index (χ2n) is 15.8. The highest BCUT2D eigenvalue weighted by Gasteiger charge is 2.42. The molecule has 0 fully saturated rings. The van der Waals surface area contributed by atoms with Gasteiger partial charge in [-0.2, -0.15) is 0 Å². The maximum Gasteiger partial charge on any atom is 0.132 e. The largest absolute Gasteiger partial charge is 0.484 e. The first-order chi connectivity index (χ1) is 26.0. The van der Waals surface area contributed by atoms with Gasteiger partial charge < -0.3 is 9.64 Å². The molecule has 0 spiro atoms. The van der Waals surface area contributed by atoms with Gasteiger partial charge in [-0.15, -0.1) is 0 Å². The van der Waals surface area contributed by atoms with E-state index in [4.69, 9.17) is 4.74 Å². The zero-order valence-corrected chi connectivity index (χ0v) is 30.6. The summed E-state index contributed by atoms with van der Waals surface area (Å²) in [6, 6.07) is 31.8. The lowest BCUT2D eigenvalue weighted by atomic mass is 9.81. The third kappa shape index (κ3) is 5.46. The van der Waals surface area contributed by atoms with Crippen LogP contribution in [0.2, 0.25) is 0 Å². The van der Waals surface area contributed by atoms with E-state index >= 15 is 0 Å². The molecule has 2 heteroatoms. The van der Waals surface area contributed by atoms with Crippen LogP contribution in [0.5, 0.6) is 5.75 Å². The van der Waals surface area contributed by atoms with Crippen molar-refractivity contribution in [3.05, 3.63) is 197 Å². The molecule has 4 aromatic rings. The van der Waals surface area contributed by atoms with Gasteiger partial charge in [0.05, 0.1) is 0 Å². The molecule has 1 heterocycles. The fourth-order valence-electron chi connectivity index (χ4n) is 9.42. The minimum Gasteiger partial charge on any atom is -0.484 e. The van der Waals surface area contributed by atoms with E-state index in [2.05, 4.69) is 177 Å². The van der Waals surface area contributed by atoms with Crippen molar-refractivity contribution in [2.45, 2.75) is 63.4 Å². The van der Waals surface area contributed by atoms with E-state index in [9.17, 15) is 0 Å². The Kier molecular flexibility index (Phi) is 7.76. The second kappa shape index (κ2) is 12.8. The predicted octanol–water partition coefficient (Wildman–Crippen LogP) is 12.9. The molecule has 0 amide bonds. The molecule has 0 radical (unpaired) electrons. The fourth-order valence-corrected chi connectivity index (χ4v) is 9.42. The Bertz CT molecular complexity index is 2370. The molecule has 53 heavy (non-hydrogen) atoms. The van der Waals surface area contributed by atoms with Crippen LogP contribution in [0.15, 0.2) is 175 Å².